The Balaban J connectivity index is 1.06. The average molecular weight is 912 g/mol. The van der Waals surface area contributed by atoms with Gasteiger partial charge in [0.15, 0.2) is 21.8 Å². The number of hydrogen-bond acceptors (Lipinski definition) is 15. The maximum absolute atomic E-state index is 13.5. The summed E-state index contributed by atoms with van der Waals surface area (Å²) in [5, 5.41) is 10.1. The van der Waals surface area contributed by atoms with Gasteiger partial charge in [0.1, 0.15) is 16.4 Å². The highest BCUT2D eigenvalue weighted by atomic mass is 32.2. The number of carbonyl (C=O) groups is 6. The van der Waals surface area contributed by atoms with Gasteiger partial charge in [-0.1, -0.05) is 63.3 Å². The lowest BCUT2D eigenvalue weighted by molar-refractivity contribution is -0.162. The van der Waals surface area contributed by atoms with Gasteiger partial charge in [0.05, 0.1) is 55.6 Å². The fraction of sp³-hybridized carbons (Fsp3) is 0.143. The number of benzene rings is 4. The highest BCUT2D eigenvalue weighted by molar-refractivity contribution is 7.88. The number of sulfonamides is 1. The quantitative estimate of drug-likeness (QED) is 0.0631. The molecule has 0 saturated heterocycles. The number of hydroxylamine groups is 1. The first-order valence-electron chi connectivity index (χ1n) is 18.4. The summed E-state index contributed by atoms with van der Waals surface area (Å²) in [7, 11) is -1.62. The lowest BCUT2D eigenvalue weighted by Crippen LogP contribution is -2.38. The first-order valence-corrected chi connectivity index (χ1v) is 21.9. The average Bonchev–Trinajstić information content (AvgIpc) is 3.91. The van der Waals surface area contributed by atoms with E-state index in [0.717, 1.165) is 28.7 Å². The molecule has 0 fully saturated rings. The van der Waals surface area contributed by atoms with Crippen LogP contribution in [0.1, 0.15) is 57.5 Å². The van der Waals surface area contributed by atoms with Crippen molar-refractivity contribution in [1.29, 1.82) is 0 Å². The van der Waals surface area contributed by atoms with Crippen molar-refractivity contribution < 1.29 is 51.5 Å². The summed E-state index contributed by atoms with van der Waals surface area (Å²) in [6.07, 6.45) is 2.33. The van der Waals surface area contributed by atoms with E-state index in [0.29, 0.717) is 34.7 Å². The summed E-state index contributed by atoms with van der Waals surface area (Å²) in [4.78, 5) is 92.4. The van der Waals surface area contributed by atoms with Gasteiger partial charge >= 0.3 is 23.9 Å². The van der Waals surface area contributed by atoms with E-state index in [4.69, 9.17) is 14.3 Å². The van der Waals surface area contributed by atoms with Crippen LogP contribution in [-0.4, -0.2) is 78.8 Å². The molecule has 324 valence electrons. The number of carbonyl (C=O) groups excluding carboxylic acids is 6. The van der Waals surface area contributed by atoms with Gasteiger partial charge < -0.3 is 24.9 Å². The number of aromatic nitrogens is 2. The zero-order valence-corrected chi connectivity index (χ0v) is 36.5. The molecule has 0 saturated carbocycles. The van der Waals surface area contributed by atoms with Gasteiger partial charge in [-0.25, -0.2) is 32.8 Å². The number of rotatable bonds is 14. The summed E-state index contributed by atoms with van der Waals surface area (Å²) in [6, 6.07) is 21.5. The Bertz CT molecular complexity index is 2880. The largest absolute Gasteiger partial charge is 0.496 e. The molecule has 6 aromatic rings. The van der Waals surface area contributed by atoms with E-state index in [9.17, 15) is 37.2 Å². The summed E-state index contributed by atoms with van der Waals surface area (Å²) in [5.74, 6) is -2.52. The minimum atomic E-state index is -4.50. The van der Waals surface area contributed by atoms with E-state index in [1.165, 1.54) is 20.4 Å². The molecule has 4 N–H and O–H groups in total. The van der Waals surface area contributed by atoms with Crippen molar-refractivity contribution in [1.82, 2.24) is 14.4 Å². The Kier molecular flexibility index (Phi) is 13.9. The third-order valence-corrected chi connectivity index (χ3v) is 11.4. The van der Waals surface area contributed by atoms with Crippen LogP contribution in [0, 0.1) is 13.8 Å². The van der Waals surface area contributed by atoms with Crippen LogP contribution in [0.5, 0.6) is 11.5 Å². The monoisotopic (exact) mass is 911 g/mol. The molecular weight excluding hydrogens is 875 g/mol. The second kappa shape index (κ2) is 19.5. The summed E-state index contributed by atoms with van der Waals surface area (Å²) >= 11 is 1.46. The van der Waals surface area contributed by atoms with Crippen molar-refractivity contribution in [3.8, 4) is 11.5 Å². The van der Waals surface area contributed by atoms with Gasteiger partial charge in [0.25, 0.3) is 10.0 Å². The zero-order valence-electron chi connectivity index (χ0n) is 34.0. The Morgan fingerprint density at radius 3 is 1.60 bits per heavy atom. The molecule has 0 aliphatic heterocycles. The van der Waals surface area contributed by atoms with Crippen LogP contribution in [0.2, 0.25) is 0 Å². The molecular formula is C42H37N7O11S3. The maximum atomic E-state index is 13.5. The van der Waals surface area contributed by atoms with Crippen molar-refractivity contribution in [2.75, 3.05) is 41.7 Å². The molecule has 2 aromatic heterocycles. The molecule has 0 atom stereocenters. The van der Waals surface area contributed by atoms with Crippen LogP contribution >= 0.6 is 22.7 Å². The Labute approximate surface area is 368 Å². The van der Waals surface area contributed by atoms with Crippen LogP contribution in [0.4, 0.5) is 31.2 Å². The number of anilines is 4. The number of nitrogens with one attached hydrogen (secondary N) is 4. The van der Waals surface area contributed by atoms with Crippen LogP contribution in [0.25, 0.3) is 0 Å². The van der Waals surface area contributed by atoms with Crippen molar-refractivity contribution in [3.63, 3.8) is 0 Å². The predicted octanol–water partition coefficient (Wildman–Crippen LogP) is 7.09. The number of ether oxygens (including phenoxy) is 2. The van der Waals surface area contributed by atoms with E-state index in [1.54, 1.807) is 98.8 Å². The van der Waals surface area contributed by atoms with Crippen LogP contribution in [0.15, 0.2) is 97.3 Å². The van der Waals surface area contributed by atoms with Gasteiger partial charge in [0.2, 0.25) is 0 Å². The smallest absolute Gasteiger partial charge is 0.339 e. The molecule has 0 radical (unpaired) electrons. The summed E-state index contributed by atoms with van der Waals surface area (Å²) in [5.41, 5.74) is 2.87. The van der Waals surface area contributed by atoms with Gasteiger partial charge in [-0.2, -0.15) is 0 Å². The van der Waals surface area contributed by atoms with E-state index in [-0.39, 0.29) is 58.3 Å². The molecule has 0 aliphatic rings. The van der Waals surface area contributed by atoms with Crippen molar-refractivity contribution in [2.24, 2.45) is 0 Å². The molecule has 0 spiro atoms. The van der Waals surface area contributed by atoms with Gasteiger partial charge in [-0.3, -0.25) is 25.0 Å². The standard InChI is InChI=1S/C42H37N7O11S3/c1-23-14-16-30(28(18-23)36(51)26-10-6-8-12-32(26)58-3)45-39(54)47-41-43-21-25(61-41)20-35(50)60-49(63(5,56)57)38(53)34-22-44-42(62-34)48-40(55)46-31-17-15-24(2)19-29(31)37(52)27-11-7-9-13-33(27)59-4/h6-19,21-22H,20H2,1-5H3,(H2,43,45,47,54)(H2,44,46,48,55). The first kappa shape index (κ1) is 45.0. The van der Waals surface area contributed by atoms with Gasteiger partial charge in [0, 0.05) is 22.2 Å². The van der Waals surface area contributed by atoms with E-state index < -0.39 is 46.2 Å². The Morgan fingerprint density at radius 2 is 1.11 bits per heavy atom. The zero-order chi connectivity index (χ0) is 45.4. The lowest BCUT2D eigenvalue weighted by Gasteiger charge is -2.17. The predicted molar refractivity (Wildman–Crippen MR) is 236 cm³/mol. The molecule has 4 aromatic carbocycles. The fourth-order valence-electron chi connectivity index (χ4n) is 5.86. The van der Waals surface area contributed by atoms with E-state index >= 15 is 0 Å². The van der Waals surface area contributed by atoms with Gasteiger partial charge in [-0.15, -0.1) is 11.3 Å². The molecule has 21 heteroatoms. The molecule has 6 rings (SSSR count). The van der Waals surface area contributed by atoms with Crippen LogP contribution in [-0.2, 0) is 26.1 Å². The highest BCUT2D eigenvalue weighted by Crippen LogP contribution is 2.29. The lowest BCUT2D eigenvalue weighted by atomic mass is 9.99. The van der Waals surface area contributed by atoms with Crippen LogP contribution < -0.4 is 30.7 Å². The molecule has 18 nitrogen and oxygen atoms in total. The number of urea groups is 2. The molecule has 0 unspecified atom stereocenters. The number of aryl methyl sites for hydroxylation is 2. The van der Waals surface area contributed by atoms with E-state index in [1.807, 2.05) is 0 Å². The van der Waals surface area contributed by atoms with Gasteiger partial charge in [-0.05, 0) is 62.4 Å². The second-order valence-electron chi connectivity index (χ2n) is 13.4. The summed E-state index contributed by atoms with van der Waals surface area (Å²) in [6.45, 7) is 3.58. The number of ketones is 2. The van der Waals surface area contributed by atoms with Crippen molar-refractivity contribution >= 4 is 89.8 Å². The highest BCUT2D eigenvalue weighted by Gasteiger charge is 2.32. The third-order valence-electron chi connectivity index (χ3n) is 8.72. The van der Waals surface area contributed by atoms with Crippen molar-refractivity contribution in [2.45, 2.75) is 20.3 Å². The maximum Gasteiger partial charge on any atom is 0.339 e. The molecule has 0 bridgehead atoms. The summed E-state index contributed by atoms with van der Waals surface area (Å²) < 4.78 is 35.9. The normalized spacial score (nSPS) is 10.9. The van der Waals surface area contributed by atoms with E-state index in [2.05, 4.69) is 31.2 Å². The topological polar surface area (TPSA) is 241 Å². The number of para-hydroxylation sites is 2. The number of hydrogen-bond donors (Lipinski definition) is 4. The molecule has 5 amide bonds. The Morgan fingerprint density at radius 1 is 0.635 bits per heavy atom. The number of nitrogens with zero attached hydrogens (tertiary/aromatic N) is 3. The molecule has 63 heavy (non-hydrogen) atoms. The minimum Gasteiger partial charge on any atom is -0.496 e. The fourth-order valence-corrected chi connectivity index (χ4v) is 8.06. The number of methoxy groups -OCH3 is 2. The SMILES string of the molecule is COc1ccccc1C(=O)c1cc(C)ccc1NC(=O)Nc1ncc(CC(=O)ON(C(=O)c2cnc(NC(=O)Nc3ccc(C)cc3C(=O)c3ccccc3OC)s2)S(C)(=O)=O)s1. The number of amides is 5. The molecule has 0 aliphatic carbocycles. The molecule has 2 heterocycles. The van der Waals surface area contributed by atoms with Crippen LogP contribution in [0.3, 0.4) is 0 Å². The first-order chi connectivity index (χ1) is 30.0. The van der Waals surface area contributed by atoms with Crippen molar-refractivity contribution in [3.05, 3.63) is 140 Å². The second-order valence-corrected chi connectivity index (χ2v) is 17.4. The minimum absolute atomic E-state index is 0.0476. The Hall–Kier alpha value is -7.49. The number of thiazole rings is 2. The third kappa shape index (κ3) is 11.1.